The molecule has 0 unspecified atom stereocenters. The van der Waals surface area contributed by atoms with Crippen LogP contribution in [0.25, 0.3) is 5.69 Å². The fourth-order valence-corrected chi connectivity index (χ4v) is 2.09. The number of tetrazole rings is 1. The number of rotatable bonds is 5. The Labute approximate surface area is 145 Å². The van der Waals surface area contributed by atoms with Gasteiger partial charge >= 0.3 is 6.18 Å². The van der Waals surface area contributed by atoms with Gasteiger partial charge < -0.3 is 10.1 Å². The molecule has 0 bridgehead atoms. The average molecular weight is 363 g/mol. The Hall–Kier alpha value is -3.43. The molecule has 0 fully saturated rings. The maximum atomic E-state index is 12.6. The Balaban J connectivity index is 1.56. The van der Waals surface area contributed by atoms with Crippen molar-refractivity contribution < 1.29 is 22.7 Å². The van der Waals surface area contributed by atoms with Gasteiger partial charge in [-0.3, -0.25) is 4.79 Å². The van der Waals surface area contributed by atoms with Crippen molar-refractivity contribution in [1.29, 1.82) is 0 Å². The molecule has 3 aromatic rings. The lowest BCUT2D eigenvalue weighted by atomic mass is 10.2. The van der Waals surface area contributed by atoms with Gasteiger partial charge in [0.15, 0.2) is 6.61 Å². The number of nitrogens with zero attached hydrogens (tertiary/aromatic N) is 4. The van der Waals surface area contributed by atoms with Crippen LogP contribution in [-0.2, 0) is 11.0 Å². The third-order valence-electron chi connectivity index (χ3n) is 3.30. The Morgan fingerprint density at radius 2 is 1.92 bits per heavy atom. The largest absolute Gasteiger partial charge is 0.484 e. The fraction of sp³-hybridized carbons (Fsp3) is 0.125. The first-order valence-electron chi connectivity index (χ1n) is 7.35. The van der Waals surface area contributed by atoms with Gasteiger partial charge in [-0.05, 0) is 52.9 Å². The molecular weight excluding hydrogens is 351 g/mol. The minimum Gasteiger partial charge on any atom is -0.484 e. The zero-order chi connectivity index (χ0) is 18.6. The molecule has 1 heterocycles. The van der Waals surface area contributed by atoms with E-state index in [0.29, 0.717) is 11.4 Å². The van der Waals surface area contributed by atoms with Crippen molar-refractivity contribution in [2.24, 2.45) is 0 Å². The summed E-state index contributed by atoms with van der Waals surface area (Å²) >= 11 is 0. The highest BCUT2D eigenvalue weighted by atomic mass is 19.4. The van der Waals surface area contributed by atoms with E-state index in [1.54, 1.807) is 24.3 Å². The molecule has 0 radical (unpaired) electrons. The molecule has 10 heteroatoms. The van der Waals surface area contributed by atoms with Crippen LogP contribution in [-0.4, -0.2) is 32.7 Å². The lowest BCUT2D eigenvalue weighted by Crippen LogP contribution is -2.20. The van der Waals surface area contributed by atoms with Crippen LogP contribution >= 0.6 is 0 Å². The number of anilines is 1. The molecule has 0 atom stereocenters. The van der Waals surface area contributed by atoms with Crippen LogP contribution in [0.1, 0.15) is 5.56 Å². The molecule has 1 amide bonds. The summed E-state index contributed by atoms with van der Waals surface area (Å²) in [5.41, 5.74) is 0.362. The predicted octanol–water partition coefficient (Wildman–Crippen LogP) is 2.70. The average Bonchev–Trinajstić information content (AvgIpc) is 3.15. The zero-order valence-corrected chi connectivity index (χ0v) is 13.1. The highest BCUT2D eigenvalue weighted by molar-refractivity contribution is 5.91. The van der Waals surface area contributed by atoms with Crippen molar-refractivity contribution >= 4 is 11.6 Å². The molecule has 1 N–H and O–H groups in total. The van der Waals surface area contributed by atoms with E-state index in [1.807, 2.05) is 0 Å². The van der Waals surface area contributed by atoms with E-state index in [2.05, 4.69) is 20.8 Å². The Morgan fingerprint density at radius 1 is 1.15 bits per heavy atom. The predicted molar refractivity (Wildman–Crippen MR) is 84.7 cm³/mol. The third-order valence-corrected chi connectivity index (χ3v) is 3.30. The van der Waals surface area contributed by atoms with Crippen molar-refractivity contribution in [2.45, 2.75) is 6.18 Å². The van der Waals surface area contributed by atoms with E-state index in [0.717, 1.165) is 12.1 Å². The van der Waals surface area contributed by atoms with Crippen molar-refractivity contribution in [3.63, 3.8) is 0 Å². The number of halogens is 3. The molecule has 1 aromatic heterocycles. The van der Waals surface area contributed by atoms with E-state index in [4.69, 9.17) is 4.74 Å². The van der Waals surface area contributed by atoms with Crippen molar-refractivity contribution in [1.82, 2.24) is 20.2 Å². The number of carbonyl (C=O) groups excluding carboxylic acids is 1. The summed E-state index contributed by atoms with van der Waals surface area (Å²) in [6, 6.07) is 11.0. The Morgan fingerprint density at radius 3 is 2.58 bits per heavy atom. The van der Waals surface area contributed by atoms with E-state index in [1.165, 1.54) is 23.1 Å². The summed E-state index contributed by atoms with van der Waals surface area (Å²) in [6.07, 6.45) is -3.04. The van der Waals surface area contributed by atoms with Crippen LogP contribution in [0.5, 0.6) is 5.75 Å². The second-order valence-electron chi connectivity index (χ2n) is 5.16. The summed E-state index contributed by atoms with van der Waals surface area (Å²) in [6.45, 7) is -0.421. The van der Waals surface area contributed by atoms with Crippen LogP contribution in [0.3, 0.4) is 0 Å². The van der Waals surface area contributed by atoms with Gasteiger partial charge in [0.1, 0.15) is 12.1 Å². The molecule has 0 saturated heterocycles. The monoisotopic (exact) mass is 363 g/mol. The quantitative estimate of drug-likeness (QED) is 0.754. The summed E-state index contributed by atoms with van der Waals surface area (Å²) < 4.78 is 44.5. The normalized spacial score (nSPS) is 11.2. The number of amides is 1. The fourth-order valence-electron chi connectivity index (χ4n) is 2.09. The van der Waals surface area contributed by atoms with Gasteiger partial charge in [-0.2, -0.15) is 13.2 Å². The van der Waals surface area contributed by atoms with E-state index in [9.17, 15) is 18.0 Å². The molecule has 0 spiro atoms. The molecule has 0 aliphatic carbocycles. The minimum atomic E-state index is -4.47. The maximum absolute atomic E-state index is 12.6. The number of hydrogen-bond donors (Lipinski definition) is 1. The van der Waals surface area contributed by atoms with Crippen molar-refractivity contribution in [2.75, 3.05) is 11.9 Å². The number of ether oxygens (including phenoxy) is 1. The van der Waals surface area contributed by atoms with Gasteiger partial charge in [-0.15, -0.1) is 5.10 Å². The topological polar surface area (TPSA) is 81.9 Å². The van der Waals surface area contributed by atoms with Gasteiger partial charge in [0.2, 0.25) is 0 Å². The molecule has 3 rings (SSSR count). The first-order chi connectivity index (χ1) is 12.4. The van der Waals surface area contributed by atoms with Crippen LogP contribution in [0.15, 0.2) is 54.9 Å². The molecule has 2 aromatic carbocycles. The first-order valence-corrected chi connectivity index (χ1v) is 7.35. The number of alkyl halides is 3. The number of hydrogen-bond acceptors (Lipinski definition) is 5. The number of carbonyl (C=O) groups is 1. The zero-order valence-electron chi connectivity index (χ0n) is 13.1. The standard InChI is InChI=1S/C16H12F3N5O2/c17-16(18,19)11-2-1-3-14(8-11)26-9-15(25)21-12-4-6-13(7-5-12)24-10-20-22-23-24/h1-8,10H,9H2,(H,21,25). The van der Waals surface area contributed by atoms with Crippen molar-refractivity contribution in [3.8, 4) is 11.4 Å². The summed E-state index contributed by atoms with van der Waals surface area (Å²) in [5.74, 6) is -0.540. The maximum Gasteiger partial charge on any atom is 0.416 e. The first kappa shape index (κ1) is 17.4. The van der Waals surface area contributed by atoms with E-state index < -0.39 is 24.3 Å². The number of nitrogens with one attached hydrogen (secondary N) is 1. The Kier molecular flexibility index (Phi) is 4.83. The van der Waals surface area contributed by atoms with Crippen molar-refractivity contribution in [3.05, 3.63) is 60.4 Å². The molecule has 0 aliphatic heterocycles. The Bertz CT molecular complexity index is 880. The smallest absolute Gasteiger partial charge is 0.416 e. The molecule has 7 nitrogen and oxygen atoms in total. The lowest BCUT2D eigenvalue weighted by Gasteiger charge is -2.10. The van der Waals surface area contributed by atoms with Gasteiger partial charge in [-0.1, -0.05) is 6.07 Å². The summed E-state index contributed by atoms with van der Waals surface area (Å²) in [4.78, 5) is 11.9. The lowest BCUT2D eigenvalue weighted by molar-refractivity contribution is -0.137. The molecular formula is C16H12F3N5O2. The third kappa shape index (κ3) is 4.35. The summed E-state index contributed by atoms with van der Waals surface area (Å²) in [7, 11) is 0. The van der Waals surface area contributed by atoms with Crippen LogP contribution < -0.4 is 10.1 Å². The van der Waals surface area contributed by atoms with Gasteiger partial charge in [0.25, 0.3) is 5.91 Å². The molecule has 134 valence electrons. The van der Waals surface area contributed by atoms with E-state index >= 15 is 0 Å². The van der Waals surface area contributed by atoms with Crippen LogP contribution in [0.2, 0.25) is 0 Å². The highest BCUT2D eigenvalue weighted by Crippen LogP contribution is 2.31. The van der Waals surface area contributed by atoms with Gasteiger partial charge in [-0.25, -0.2) is 4.68 Å². The minimum absolute atomic E-state index is 0.0380. The van der Waals surface area contributed by atoms with Crippen LogP contribution in [0, 0.1) is 0 Å². The summed E-state index contributed by atoms with van der Waals surface area (Å²) in [5, 5.41) is 13.4. The van der Waals surface area contributed by atoms with E-state index in [-0.39, 0.29) is 5.75 Å². The van der Waals surface area contributed by atoms with Gasteiger partial charge in [0.05, 0.1) is 11.3 Å². The number of benzene rings is 2. The molecule has 0 aliphatic rings. The van der Waals surface area contributed by atoms with Crippen LogP contribution in [0.4, 0.5) is 18.9 Å². The molecule has 0 saturated carbocycles. The second-order valence-corrected chi connectivity index (χ2v) is 5.16. The number of aromatic nitrogens is 4. The van der Waals surface area contributed by atoms with Gasteiger partial charge in [0, 0.05) is 5.69 Å². The molecule has 26 heavy (non-hydrogen) atoms. The highest BCUT2D eigenvalue weighted by Gasteiger charge is 2.30. The SMILES string of the molecule is O=C(COc1cccc(C(F)(F)F)c1)Nc1ccc(-n2cnnn2)cc1. The second kappa shape index (κ2) is 7.21.